The second-order valence-corrected chi connectivity index (χ2v) is 5.26. The van der Waals surface area contributed by atoms with E-state index in [9.17, 15) is 4.79 Å². The molecule has 1 rings (SSSR count). The highest BCUT2D eigenvalue weighted by Gasteiger charge is 2.16. The Bertz CT molecular complexity index is 389. The van der Waals surface area contributed by atoms with E-state index in [2.05, 4.69) is 15.9 Å². The number of rotatable bonds is 5. The largest absolute Gasteiger partial charge is 0.491 e. The molecule has 0 aromatic heterocycles. The lowest BCUT2D eigenvalue weighted by Crippen LogP contribution is -2.36. The Morgan fingerprint density at radius 3 is 2.28 bits per heavy atom. The van der Waals surface area contributed by atoms with Crippen molar-refractivity contribution in [2.45, 2.75) is 32.9 Å². The van der Waals surface area contributed by atoms with Crippen LogP contribution in [0, 0.1) is 0 Å². The molecule has 100 valence electrons. The molecular formula is C14H20BrNO2. The number of amides is 1. The van der Waals surface area contributed by atoms with Gasteiger partial charge in [-0.1, -0.05) is 15.9 Å². The summed E-state index contributed by atoms with van der Waals surface area (Å²) in [6.45, 7) is 5.96. The molecule has 0 bridgehead atoms. The number of hydrogen-bond donors (Lipinski definition) is 0. The molecule has 0 spiro atoms. The van der Waals surface area contributed by atoms with Crippen molar-refractivity contribution < 1.29 is 9.53 Å². The average molecular weight is 314 g/mol. The Balaban J connectivity index is 2.75. The Morgan fingerprint density at radius 2 is 1.83 bits per heavy atom. The number of hydrogen-bond acceptors (Lipinski definition) is 2. The van der Waals surface area contributed by atoms with E-state index in [4.69, 9.17) is 4.74 Å². The standard InChI is InChI=1S/C14H20BrNO2/c1-10(2)18-13-7-5-12(6-8-13)14(17)16(4)11(3)9-15/h5-8,10-11H,9H2,1-4H3. The minimum atomic E-state index is 0.0260. The first kappa shape index (κ1) is 15.0. The third-order valence-electron chi connectivity index (χ3n) is 2.68. The topological polar surface area (TPSA) is 29.5 Å². The molecule has 1 aromatic carbocycles. The second-order valence-electron chi connectivity index (χ2n) is 4.61. The molecule has 0 radical (unpaired) electrons. The van der Waals surface area contributed by atoms with Gasteiger partial charge in [0.05, 0.1) is 6.10 Å². The Kier molecular flexibility index (Phi) is 5.66. The Labute approximate surface area is 117 Å². The number of alkyl halides is 1. The summed E-state index contributed by atoms with van der Waals surface area (Å²) in [7, 11) is 1.81. The van der Waals surface area contributed by atoms with Crippen LogP contribution in [0.15, 0.2) is 24.3 Å². The van der Waals surface area contributed by atoms with E-state index in [-0.39, 0.29) is 18.1 Å². The summed E-state index contributed by atoms with van der Waals surface area (Å²) < 4.78 is 5.55. The molecule has 0 aliphatic rings. The normalized spacial score (nSPS) is 12.3. The maximum Gasteiger partial charge on any atom is 0.253 e. The molecule has 0 N–H and O–H groups in total. The smallest absolute Gasteiger partial charge is 0.253 e. The molecule has 0 saturated heterocycles. The van der Waals surface area contributed by atoms with Gasteiger partial charge in [0.25, 0.3) is 5.91 Å². The maximum atomic E-state index is 12.1. The summed E-state index contributed by atoms with van der Waals surface area (Å²) in [6.07, 6.45) is 0.141. The fourth-order valence-corrected chi connectivity index (χ4v) is 1.89. The number of carbonyl (C=O) groups is 1. The third kappa shape index (κ3) is 4.02. The molecule has 0 aliphatic heterocycles. The zero-order valence-electron chi connectivity index (χ0n) is 11.3. The van der Waals surface area contributed by atoms with Crippen LogP contribution in [0.5, 0.6) is 5.75 Å². The van der Waals surface area contributed by atoms with Crippen LogP contribution < -0.4 is 4.74 Å². The van der Waals surface area contributed by atoms with Gasteiger partial charge in [-0.25, -0.2) is 0 Å². The lowest BCUT2D eigenvalue weighted by atomic mass is 10.2. The van der Waals surface area contributed by atoms with Gasteiger partial charge in [0.1, 0.15) is 5.75 Å². The van der Waals surface area contributed by atoms with Crippen LogP contribution in [0.25, 0.3) is 0 Å². The van der Waals surface area contributed by atoms with Crippen LogP contribution in [-0.2, 0) is 0 Å². The van der Waals surface area contributed by atoms with Crippen LogP contribution in [0.3, 0.4) is 0 Å². The van der Waals surface area contributed by atoms with Crippen LogP contribution in [0.2, 0.25) is 0 Å². The van der Waals surface area contributed by atoms with E-state index >= 15 is 0 Å². The molecule has 1 unspecified atom stereocenters. The highest BCUT2D eigenvalue weighted by molar-refractivity contribution is 9.09. The van der Waals surface area contributed by atoms with Gasteiger partial charge in [0.15, 0.2) is 0 Å². The monoisotopic (exact) mass is 313 g/mol. The number of nitrogens with zero attached hydrogens (tertiary/aromatic N) is 1. The van der Waals surface area contributed by atoms with E-state index < -0.39 is 0 Å². The minimum absolute atomic E-state index is 0.0260. The zero-order chi connectivity index (χ0) is 13.7. The SMILES string of the molecule is CC(C)Oc1ccc(C(=O)N(C)C(C)CBr)cc1. The molecule has 1 amide bonds. The predicted molar refractivity (Wildman–Crippen MR) is 77.6 cm³/mol. The highest BCUT2D eigenvalue weighted by atomic mass is 79.9. The van der Waals surface area contributed by atoms with Crippen molar-refractivity contribution in [1.29, 1.82) is 0 Å². The van der Waals surface area contributed by atoms with E-state index in [1.54, 1.807) is 17.0 Å². The molecular weight excluding hydrogens is 294 g/mol. The van der Waals surface area contributed by atoms with Crippen LogP contribution >= 0.6 is 15.9 Å². The number of ether oxygens (including phenoxy) is 1. The van der Waals surface area contributed by atoms with Crippen molar-refractivity contribution in [3.8, 4) is 5.75 Å². The van der Waals surface area contributed by atoms with Gasteiger partial charge in [0.2, 0.25) is 0 Å². The summed E-state index contributed by atoms with van der Waals surface area (Å²) in [5, 5.41) is 0.768. The maximum absolute atomic E-state index is 12.1. The highest BCUT2D eigenvalue weighted by Crippen LogP contribution is 2.15. The first-order chi connectivity index (χ1) is 8.45. The van der Waals surface area contributed by atoms with Gasteiger partial charge in [-0.2, -0.15) is 0 Å². The quantitative estimate of drug-likeness (QED) is 0.780. The second kappa shape index (κ2) is 6.78. The number of benzene rings is 1. The summed E-state index contributed by atoms with van der Waals surface area (Å²) >= 11 is 3.38. The molecule has 1 aromatic rings. The summed E-state index contributed by atoms with van der Waals surface area (Å²) in [4.78, 5) is 13.9. The lowest BCUT2D eigenvalue weighted by Gasteiger charge is -2.23. The van der Waals surface area contributed by atoms with Crippen molar-refractivity contribution in [3.63, 3.8) is 0 Å². The van der Waals surface area contributed by atoms with Crippen molar-refractivity contribution in [3.05, 3.63) is 29.8 Å². The molecule has 3 nitrogen and oxygen atoms in total. The fraction of sp³-hybridized carbons (Fsp3) is 0.500. The average Bonchev–Trinajstić information content (AvgIpc) is 2.36. The van der Waals surface area contributed by atoms with Crippen molar-refractivity contribution in [2.75, 3.05) is 12.4 Å². The number of halogens is 1. The molecule has 4 heteroatoms. The predicted octanol–water partition coefficient (Wildman–Crippen LogP) is 3.33. The first-order valence-electron chi connectivity index (χ1n) is 6.05. The van der Waals surface area contributed by atoms with E-state index in [1.165, 1.54) is 0 Å². The van der Waals surface area contributed by atoms with Crippen molar-refractivity contribution >= 4 is 21.8 Å². The van der Waals surface area contributed by atoms with Gasteiger partial charge < -0.3 is 9.64 Å². The number of carbonyl (C=O) groups excluding carboxylic acids is 1. The molecule has 0 fully saturated rings. The van der Waals surface area contributed by atoms with Gasteiger partial charge in [-0.15, -0.1) is 0 Å². The van der Waals surface area contributed by atoms with Crippen molar-refractivity contribution in [2.24, 2.45) is 0 Å². The third-order valence-corrected chi connectivity index (χ3v) is 3.61. The van der Waals surface area contributed by atoms with Gasteiger partial charge in [-0.05, 0) is 45.0 Å². The molecule has 18 heavy (non-hydrogen) atoms. The Morgan fingerprint density at radius 1 is 1.28 bits per heavy atom. The van der Waals surface area contributed by atoms with Crippen molar-refractivity contribution in [1.82, 2.24) is 4.90 Å². The first-order valence-corrected chi connectivity index (χ1v) is 7.17. The van der Waals surface area contributed by atoms with E-state index in [1.807, 2.05) is 40.0 Å². The van der Waals surface area contributed by atoms with Gasteiger partial charge >= 0.3 is 0 Å². The lowest BCUT2D eigenvalue weighted by molar-refractivity contribution is 0.0758. The van der Waals surface area contributed by atoms with Gasteiger partial charge in [-0.3, -0.25) is 4.79 Å². The molecule has 0 heterocycles. The zero-order valence-corrected chi connectivity index (χ0v) is 12.9. The van der Waals surface area contributed by atoms with Crippen LogP contribution in [0.4, 0.5) is 0 Å². The molecule has 0 saturated carbocycles. The van der Waals surface area contributed by atoms with Crippen LogP contribution in [-0.4, -0.2) is 35.3 Å². The van der Waals surface area contributed by atoms with E-state index in [0.717, 1.165) is 11.1 Å². The summed E-state index contributed by atoms with van der Waals surface area (Å²) in [6, 6.07) is 7.44. The van der Waals surface area contributed by atoms with Crippen LogP contribution in [0.1, 0.15) is 31.1 Å². The minimum Gasteiger partial charge on any atom is -0.491 e. The Hall–Kier alpha value is -1.03. The fourth-order valence-electron chi connectivity index (χ4n) is 1.46. The van der Waals surface area contributed by atoms with E-state index in [0.29, 0.717) is 5.56 Å². The molecule has 0 aliphatic carbocycles. The van der Waals surface area contributed by atoms with Gasteiger partial charge in [0, 0.05) is 24.0 Å². The molecule has 1 atom stereocenters. The summed E-state index contributed by atoms with van der Waals surface area (Å²) in [5.74, 6) is 0.816. The summed E-state index contributed by atoms with van der Waals surface area (Å²) in [5.41, 5.74) is 0.682.